The molecule has 0 aliphatic rings. The van der Waals surface area contributed by atoms with Crippen molar-refractivity contribution in [1.29, 1.82) is 0 Å². The zero-order valence-electron chi connectivity index (χ0n) is 12.6. The zero-order chi connectivity index (χ0) is 15.2. The predicted octanol–water partition coefficient (Wildman–Crippen LogP) is 2.25. The van der Waals surface area contributed by atoms with Crippen molar-refractivity contribution in [2.24, 2.45) is 5.73 Å². The first-order valence-corrected chi connectivity index (χ1v) is 7.02. The van der Waals surface area contributed by atoms with Gasteiger partial charge in [-0.15, -0.1) is 0 Å². The molecule has 0 aliphatic heterocycles. The van der Waals surface area contributed by atoms with Crippen molar-refractivity contribution in [3.05, 3.63) is 35.2 Å². The van der Waals surface area contributed by atoms with E-state index in [9.17, 15) is 0 Å². The third-order valence-corrected chi connectivity index (χ3v) is 2.98. The monoisotopic (exact) mass is 291 g/mol. The highest BCUT2D eigenvalue weighted by Crippen LogP contribution is 2.29. The fourth-order valence-electron chi connectivity index (χ4n) is 1.97. The van der Waals surface area contributed by atoms with Gasteiger partial charge in [0.15, 0.2) is 11.5 Å². The minimum absolute atomic E-state index is 0.107. The molecule has 1 atom stereocenters. The van der Waals surface area contributed by atoms with Gasteiger partial charge in [-0.25, -0.2) is 4.63 Å². The summed E-state index contributed by atoms with van der Waals surface area (Å²) < 4.78 is 16.0. The molecule has 1 aromatic carbocycles. The van der Waals surface area contributed by atoms with Crippen LogP contribution < -0.4 is 15.2 Å². The maximum absolute atomic E-state index is 5.83. The third-order valence-electron chi connectivity index (χ3n) is 2.98. The summed E-state index contributed by atoms with van der Waals surface area (Å²) in [7, 11) is 0. The Hall–Kier alpha value is -2.08. The van der Waals surface area contributed by atoms with Crippen LogP contribution in [0.25, 0.3) is 0 Å². The van der Waals surface area contributed by atoms with Gasteiger partial charge in [0.1, 0.15) is 18.0 Å². The summed E-state index contributed by atoms with van der Waals surface area (Å²) in [5, 5.41) is 7.52. The normalized spacial score (nSPS) is 12.2. The van der Waals surface area contributed by atoms with E-state index in [1.807, 2.05) is 39.0 Å². The molecule has 114 valence electrons. The summed E-state index contributed by atoms with van der Waals surface area (Å²) in [6, 6.07) is 5.96. The lowest BCUT2D eigenvalue weighted by molar-refractivity contribution is 0.252. The van der Waals surface area contributed by atoms with E-state index in [2.05, 4.69) is 14.9 Å². The molecular weight excluding hydrogens is 270 g/mol. The Morgan fingerprint density at radius 2 is 2.05 bits per heavy atom. The van der Waals surface area contributed by atoms with Crippen LogP contribution in [0.4, 0.5) is 0 Å². The minimum Gasteiger partial charge on any atom is -0.490 e. The summed E-state index contributed by atoms with van der Waals surface area (Å²) >= 11 is 0. The van der Waals surface area contributed by atoms with Crippen molar-refractivity contribution >= 4 is 0 Å². The van der Waals surface area contributed by atoms with Crippen LogP contribution in [0.1, 0.15) is 30.8 Å². The van der Waals surface area contributed by atoms with Crippen molar-refractivity contribution < 1.29 is 14.1 Å². The molecule has 0 radical (unpaired) electrons. The number of hydrogen-bond acceptors (Lipinski definition) is 6. The molecule has 21 heavy (non-hydrogen) atoms. The van der Waals surface area contributed by atoms with Gasteiger partial charge in [-0.1, -0.05) is 16.4 Å². The molecule has 0 aliphatic carbocycles. The fraction of sp³-hybridized carbons (Fsp3) is 0.467. The first-order chi connectivity index (χ1) is 10.1. The zero-order valence-corrected chi connectivity index (χ0v) is 12.6. The van der Waals surface area contributed by atoms with E-state index >= 15 is 0 Å². The Morgan fingerprint density at radius 3 is 2.67 bits per heavy atom. The van der Waals surface area contributed by atoms with Gasteiger partial charge in [0.25, 0.3) is 0 Å². The highest BCUT2D eigenvalue weighted by atomic mass is 16.6. The number of rotatable bonds is 7. The van der Waals surface area contributed by atoms with E-state index in [1.54, 1.807) is 0 Å². The molecule has 6 nitrogen and oxygen atoms in total. The molecule has 1 aromatic heterocycles. The number of nitrogens with zero attached hydrogens (tertiary/aromatic N) is 2. The van der Waals surface area contributed by atoms with Crippen LogP contribution >= 0.6 is 0 Å². The van der Waals surface area contributed by atoms with Crippen molar-refractivity contribution in [1.82, 2.24) is 10.3 Å². The molecule has 0 bridgehead atoms. The lowest BCUT2D eigenvalue weighted by Crippen LogP contribution is -2.17. The number of aryl methyl sites for hydroxylation is 1. The predicted molar refractivity (Wildman–Crippen MR) is 78.3 cm³/mol. The van der Waals surface area contributed by atoms with Crippen LogP contribution in [-0.2, 0) is 13.0 Å². The smallest absolute Gasteiger partial charge is 0.161 e. The molecule has 2 aromatic rings. The highest BCUT2D eigenvalue weighted by molar-refractivity contribution is 5.43. The fourth-order valence-corrected chi connectivity index (χ4v) is 1.97. The van der Waals surface area contributed by atoms with Crippen molar-refractivity contribution in [3.8, 4) is 11.5 Å². The largest absolute Gasteiger partial charge is 0.490 e. The van der Waals surface area contributed by atoms with Gasteiger partial charge < -0.3 is 15.2 Å². The lowest BCUT2D eigenvalue weighted by atomic mass is 10.1. The van der Waals surface area contributed by atoms with Crippen LogP contribution in [0.2, 0.25) is 0 Å². The third kappa shape index (κ3) is 4.19. The summed E-state index contributed by atoms with van der Waals surface area (Å²) in [4.78, 5) is 0. The number of nitrogens with two attached hydrogens (primary N) is 1. The van der Waals surface area contributed by atoms with Crippen LogP contribution in [0.15, 0.2) is 22.8 Å². The SMILES string of the molecule is CCOc1cc(CC(C)N)ccc1OCc1nonc1C. The Balaban J connectivity index is 2.12. The van der Waals surface area contributed by atoms with Crippen molar-refractivity contribution in [3.63, 3.8) is 0 Å². The van der Waals surface area contributed by atoms with E-state index in [0.717, 1.165) is 17.7 Å². The van der Waals surface area contributed by atoms with E-state index in [4.69, 9.17) is 15.2 Å². The highest BCUT2D eigenvalue weighted by Gasteiger charge is 2.11. The molecule has 0 saturated carbocycles. The number of aromatic nitrogens is 2. The van der Waals surface area contributed by atoms with Gasteiger partial charge in [0.2, 0.25) is 0 Å². The standard InChI is InChI=1S/C15H21N3O3/c1-4-19-15-8-12(7-10(2)16)5-6-14(15)20-9-13-11(3)17-21-18-13/h5-6,8,10H,4,7,9,16H2,1-3H3. The summed E-state index contributed by atoms with van der Waals surface area (Å²) in [6.45, 7) is 6.60. The van der Waals surface area contributed by atoms with Gasteiger partial charge >= 0.3 is 0 Å². The maximum atomic E-state index is 5.83. The molecule has 1 unspecified atom stereocenters. The number of hydrogen-bond donors (Lipinski definition) is 1. The van der Waals surface area contributed by atoms with Crippen LogP contribution in [0, 0.1) is 6.92 Å². The Bertz CT molecular complexity index is 581. The van der Waals surface area contributed by atoms with Gasteiger partial charge in [0, 0.05) is 6.04 Å². The van der Waals surface area contributed by atoms with Gasteiger partial charge in [-0.3, -0.25) is 0 Å². The molecule has 6 heteroatoms. The van der Waals surface area contributed by atoms with Gasteiger partial charge in [0.05, 0.1) is 6.61 Å². The van der Waals surface area contributed by atoms with Crippen molar-refractivity contribution in [2.45, 2.75) is 39.8 Å². The maximum Gasteiger partial charge on any atom is 0.161 e. The van der Waals surface area contributed by atoms with E-state index in [1.165, 1.54) is 0 Å². The van der Waals surface area contributed by atoms with Crippen LogP contribution in [-0.4, -0.2) is 23.0 Å². The average Bonchev–Trinajstić information content (AvgIpc) is 2.83. The van der Waals surface area contributed by atoms with Crippen LogP contribution in [0.5, 0.6) is 11.5 Å². The minimum atomic E-state index is 0.107. The first kappa shape index (κ1) is 15.3. The Morgan fingerprint density at radius 1 is 1.24 bits per heavy atom. The average molecular weight is 291 g/mol. The Kier molecular flexibility index (Phi) is 5.16. The Labute approximate surface area is 124 Å². The molecule has 0 fully saturated rings. The molecule has 0 saturated heterocycles. The van der Waals surface area contributed by atoms with E-state index in [-0.39, 0.29) is 6.04 Å². The summed E-state index contributed by atoms with van der Waals surface area (Å²) in [6.07, 6.45) is 0.798. The molecule has 0 amide bonds. The summed E-state index contributed by atoms with van der Waals surface area (Å²) in [5.74, 6) is 1.39. The molecule has 2 rings (SSSR count). The van der Waals surface area contributed by atoms with Crippen molar-refractivity contribution in [2.75, 3.05) is 6.61 Å². The van der Waals surface area contributed by atoms with Gasteiger partial charge in [-0.05, 0) is 44.9 Å². The van der Waals surface area contributed by atoms with E-state index in [0.29, 0.717) is 30.4 Å². The number of ether oxygens (including phenoxy) is 2. The van der Waals surface area contributed by atoms with Crippen LogP contribution in [0.3, 0.4) is 0 Å². The van der Waals surface area contributed by atoms with E-state index < -0.39 is 0 Å². The summed E-state index contributed by atoms with van der Waals surface area (Å²) in [5.41, 5.74) is 8.35. The van der Waals surface area contributed by atoms with Gasteiger partial charge in [-0.2, -0.15) is 0 Å². The molecule has 0 spiro atoms. The topological polar surface area (TPSA) is 83.4 Å². The molecule has 2 N–H and O–H groups in total. The molecule has 1 heterocycles. The second kappa shape index (κ2) is 7.08. The lowest BCUT2D eigenvalue weighted by Gasteiger charge is -2.13. The second-order valence-electron chi connectivity index (χ2n) is 4.98. The number of benzene rings is 1. The first-order valence-electron chi connectivity index (χ1n) is 7.02. The second-order valence-corrected chi connectivity index (χ2v) is 4.98. The molecular formula is C15H21N3O3. The quantitative estimate of drug-likeness (QED) is 0.842.